The molecule has 0 radical (unpaired) electrons. The quantitative estimate of drug-likeness (QED) is 0.582. The molecule has 0 aliphatic heterocycles. The summed E-state index contributed by atoms with van der Waals surface area (Å²) >= 11 is 0. The molecule has 0 aromatic carbocycles. The fraction of sp³-hybridized carbons (Fsp3) is 0.875. The maximum Gasteiger partial charge on any atom is 0.150 e. The van der Waals surface area contributed by atoms with Crippen LogP contribution in [0.4, 0.5) is 0 Å². The van der Waals surface area contributed by atoms with Gasteiger partial charge >= 0.3 is 0 Å². The second kappa shape index (κ2) is 6.31. The molecule has 0 saturated heterocycles. The summed E-state index contributed by atoms with van der Waals surface area (Å²) in [6, 6.07) is 0.634. The zero-order valence-corrected chi connectivity index (χ0v) is 8.01. The van der Waals surface area contributed by atoms with Gasteiger partial charge in [-0.3, -0.25) is 0 Å². The molecule has 0 spiro atoms. The molecule has 0 unspecified atom stereocenters. The predicted molar refractivity (Wildman–Crippen MR) is 46.6 cm³/mol. The van der Waals surface area contributed by atoms with Gasteiger partial charge in [-0.2, -0.15) is 0 Å². The van der Waals surface area contributed by atoms with E-state index in [1.807, 2.05) is 7.05 Å². The summed E-state index contributed by atoms with van der Waals surface area (Å²) in [5.74, 6) is 0. The summed E-state index contributed by atoms with van der Waals surface area (Å²) in [5, 5.41) is 11.5. The molecule has 0 saturated carbocycles. The first-order valence-corrected chi connectivity index (χ1v) is 3.69. The van der Waals surface area contributed by atoms with Crippen LogP contribution in [0.15, 0.2) is 0 Å². The summed E-state index contributed by atoms with van der Waals surface area (Å²) in [4.78, 5) is 9.58. The minimum atomic E-state index is -1.14. The van der Waals surface area contributed by atoms with Gasteiger partial charge in [-0.05, 0) is 20.9 Å². The van der Waals surface area contributed by atoms with Gasteiger partial charge in [0.15, 0.2) is 6.29 Å². The van der Waals surface area contributed by atoms with Gasteiger partial charge in [0, 0.05) is 6.04 Å². The van der Waals surface area contributed by atoms with Gasteiger partial charge in [-0.25, -0.2) is 0 Å². The van der Waals surface area contributed by atoms with E-state index in [0.717, 1.165) is 0 Å². The molecule has 0 aliphatic carbocycles. The molecule has 0 heterocycles. The van der Waals surface area contributed by atoms with E-state index in [4.69, 9.17) is 5.11 Å². The standard InChI is InChI=1S/C4H11N.C4H8O2/c1-4(2)5-3;1-4(2,6)3-5/h4-5H,1-3H3;3,6H,1-2H3. The predicted octanol–water partition coefficient (Wildman–Crippen LogP) is 0.570. The van der Waals surface area contributed by atoms with E-state index in [9.17, 15) is 4.79 Å². The Morgan fingerprint density at radius 1 is 1.45 bits per heavy atom. The van der Waals surface area contributed by atoms with Crippen molar-refractivity contribution in [3.05, 3.63) is 0 Å². The van der Waals surface area contributed by atoms with Gasteiger partial charge in [0.2, 0.25) is 0 Å². The molecular weight excluding hydrogens is 142 g/mol. The van der Waals surface area contributed by atoms with Crippen molar-refractivity contribution >= 4 is 6.29 Å². The molecule has 0 rings (SSSR count). The van der Waals surface area contributed by atoms with Crippen molar-refractivity contribution < 1.29 is 9.90 Å². The third-order valence-electron chi connectivity index (χ3n) is 0.866. The molecule has 0 aromatic heterocycles. The minimum Gasteiger partial charge on any atom is -0.383 e. The Balaban J connectivity index is 0. The normalized spacial score (nSPS) is 10.5. The van der Waals surface area contributed by atoms with E-state index in [1.54, 1.807) is 0 Å². The first kappa shape index (κ1) is 13.2. The van der Waals surface area contributed by atoms with Gasteiger partial charge in [-0.1, -0.05) is 13.8 Å². The van der Waals surface area contributed by atoms with Crippen LogP contribution in [0.2, 0.25) is 0 Å². The lowest BCUT2D eigenvalue weighted by molar-refractivity contribution is -0.120. The number of carbonyl (C=O) groups is 1. The van der Waals surface area contributed by atoms with Crippen LogP contribution in [-0.4, -0.2) is 30.1 Å². The molecule has 2 N–H and O–H groups in total. The van der Waals surface area contributed by atoms with Crippen LogP contribution in [-0.2, 0) is 4.79 Å². The Bertz CT molecular complexity index is 94.8. The van der Waals surface area contributed by atoms with E-state index < -0.39 is 5.60 Å². The van der Waals surface area contributed by atoms with Crippen LogP contribution in [0.5, 0.6) is 0 Å². The van der Waals surface area contributed by atoms with Crippen molar-refractivity contribution in [1.29, 1.82) is 0 Å². The molecule has 3 heteroatoms. The van der Waals surface area contributed by atoms with Crippen molar-refractivity contribution in [3.63, 3.8) is 0 Å². The van der Waals surface area contributed by atoms with E-state index >= 15 is 0 Å². The minimum absolute atomic E-state index is 0.493. The highest BCUT2D eigenvalue weighted by Crippen LogP contribution is 1.91. The lowest BCUT2D eigenvalue weighted by Gasteiger charge is -2.02. The SMILES string of the molecule is CC(C)(O)C=O.CNC(C)C. The van der Waals surface area contributed by atoms with Crippen molar-refractivity contribution in [1.82, 2.24) is 5.32 Å². The number of aldehydes is 1. The average molecular weight is 161 g/mol. The average Bonchev–Trinajstić information content (AvgIpc) is 1.88. The highest BCUT2D eigenvalue weighted by Gasteiger charge is 2.07. The van der Waals surface area contributed by atoms with Crippen LogP contribution in [0.25, 0.3) is 0 Å². The Labute approximate surface area is 68.8 Å². The third-order valence-corrected chi connectivity index (χ3v) is 0.866. The van der Waals surface area contributed by atoms with Crippen LogP contribution in [0.3, 0.4) is 0 Å². The fourth-order valence-electron chi connectivity index (χ4n) is 0. The summed E-state index contributed by atoms with van der Waals surface area (Å²) < 4.78 is 0. The second-order valence-electron chi connectivity index (χ2n) is 3.21. The van der Waals surface area contributed by atoms with Crippen molar-refractivity contribution in [2.24, 2.45) is 0 Å². The number of carbonyl (C=O) groups excluding carboxylic acids is 1. The summed E-state index contributed by atoms with van der Waals surface area (Å²) in [6.45, 7) is 7.08. The largest absolute Gasteiger partial charge is 0.383 e. The Morgan fingerprint density at radius 3 is 1.64 bits per heavy atom. The monoisotopic (exact) mass is 161 g/mol. The Kier molecular flexibility index (Phi) is 7.57. The maximum atomic E-state index is 9.58. The molecule has 0 amide bonds. The van der Waals surface area contributed by atoms with Gasteiger partial charge in [0.25, 0.3) is 0 Å². The molecule has 0 aromatic rings. The molecule has 0 fully saturated rings. The van der Waals surface area contributed by atoms with Crippen molar-refractivity contribution in [2.75, 3.05) is 7.05 Å². The van der Waals surface area contributed by atoms with E-state index in [2.05, 4.69) is 19.2 Å². The maximum absolute atomic E-state index is 9.58. The smallest absolute Gasteiger partial charge is 0.150 e. The first-order valence-electron chi connectivity index (χ1n) is 3.69. The lowest BCUT2D eigenvalue weighted by Crippen LogP contribution is -2.19. The number of aliphatic hydroxyl groups is 1. The summed E-state index contributed by atoms with van der Waals surface area (Å²) in [6.07, 6.45) is 0.493. The van der Waals surface area contributed by atoms with Gasteiger partial charge in [0.1, 0.15) is 5.60 Å². The lowest BCUT2D eigenvalue weighted by atomic mass is 10.2. The highest BCUT2D eigenvalue weighted by atomic mass is 16.3. The molecule has 68 valence electrons. The van der Waals surface area contributed by atoms with Gasteiger partial charge in [0.05, 0.1) is 0 Å². The number of hydrogen-bond acceptors (Lipinski definition) is 3. The van der Waals surface area contributed by atoms with E-state index in [1.165, 1.54) is 13.8 Å². The van der Waals surface area contributed by atoms with Gasteiger partial charge in [-0.15, -0.1) is 0 Å². The Hall–Kier alpha value is -0.410. The second-order valence-corrected chi connectivity index (χ2v) is 3.21. The number of nitrogens with one attached hydrogen (secondary N) is 1. The molecule has 0 aliphatic rings. The van der Waals surface area contributed by atoms with Gasteiger partial charge < -0.3 is 15.2 Å². The topological polar surface area (TPSA) is 49.3 Å². The summed E-state index contributed by atoms with van der Waals surface area (Å²) in [7, 11) is 1.95. The van der Waals surface area contributed by atoms with E-state index in [-0.39, 0.29) is 0 Å². The molecule has 11 heavy (non-hydrogen) atoms. The van der Waals surface area contributed by atoms with Crippen LogP contribution in [0, 0.1) is 0 Å². The number of hydrogen-bond donors (Lipinski definition) is 2. The molecular formula is C8H19NO2. The molecule has 3 nitrogen and oxygen atoms in total. The zero-order chi connectivity index (χ0) is 9.49. The highest BCUT2D eigenvalue weighted by molar-refractivity contribution is 5.60. The zero-order valence-electron chi connectivity index (χ0n) is 8.01. The van der Waals surface area contributed by atoms with E-state index in [0.29, 0.717) is 12.3 Å². The molecule has 0 bridgehead atoms. The van der Waals surface area contributed by atoms with Crippen LogP contribution in [0.1, 0.15) is 27.7 Å². The summed E-state index contributed by atoms with van der Waals surface area (Å²) in [5.41, 5.74) is -1.14. The van der Waals surface area contributed by atoms with Crippen molar-refractivity contribution in [3.8, 4) is 0 Å². The van der Waals surface area contributed by atoms with Crippen LogP contribution >= 0.6 is 0 Å². The molecule has 0 atom stereocenters. The first-order chi connectivity index (χ1) is 4.83. The number of rotatable bonds is 2. The Morgan fingerprint density at radius 2 is 1.64 bits per heavy atom. The fourth-order valence-corrected chi connectivity index (χ4v) is 0. The third kappa shape index (κ3) is 26.2. The van der Waals surface area contributed by atoms with Crippen molar-refractivity contribution in [2.45, 2.75) is 39.3 Å². The van der Waals surface area contributed by atoms with Crippen LogP contribution < -0.4 is 5.32 Å².